The standard InChI is InChI=1S/C16H18N4O/c1-11-9-14(7-6-13(11)5-4-8-17)16(21)18-15-10-20(3)19-12(15)2/h6-7,9-10H,8,17H2,1-3H3,(H,18,21). The Morgan fingerprint density at radius 3 is 2.76 bits per heavy atom. The lowest BCUT2D eigenvalue weighted by Crippen LogP contribution is -2.12. The minimum Gasteiger partial charge on any atom is -0.320 e. The number of aryl methyl sites for hydroxylation is 3. The normalized spacial score (nSPS) is 9.90. The molecule has 1 heterocycles. The van der Waals surface area contributed by atoms with Gasteiger partial charge >= 0.3 is 0 Å². The molecular formula is C16H18N4O. The van der Waals surface area contributed by atoms with Crippen molar-refractivity contribution in [3.8, 4) is 11.8 Å². The molecule has 0 saturated heterocycles. The molecular weight excluding hydrogens is 264 g/mol. The molecule has 0 saturated carbocycles. The molecule has 3 N–H and O–H groups in total. The summed E-state index contributed by atoms with van der Waals surface area (Å²) in [7, 11) is 1.82. The molecule has 0 bridgehead atoms. The zero-order valence-electron chi connectivity index (χ0n) is 12.4. The first-order valence-electron chi connectivity index (χ1n) is 6.62. The van der Waals surface area contributed by atoms with Crippen LogP contribution in [0.25, 0.3) is 0 Å². The molecule has 1 aromatic heterocycles. The Kier molecular flexibility index (Phi) is 4.41. The van der Waals surface area contributed by atoms with Gasteiger partial charge in [0.05, 0.1) is 17.9 Å². The fraction of sp³-hybridized carbons (Fsp3) is 0.250. The minimum absolute atomic E-state index is 0.160. The lowest BCUT2D eigenvalue weighted by atomic mass is 10.0. The Hall–Kier alpha value is -2.58. The van der Waals surface area contributed by atoms with Crippen LogP contribution >= 0.6 is 0 Å². The van der Waals surface area contributed by atoms with E-state index in [0.717, 1.165) is 16.8 Å². The van der Waals surface area contributed by atoms with E-state index >= 15 is 0 Å². The maximum Gasteiger partial charge on any atom is 0.255 e. The van der Waals surface area contributed by atoms with Gasteiger partial charge in [0, 0.05) is 24.4 Å². The predicted octanol–water partition coefficient (Wildman–Crippen LogP) is 1.60. The van der Waals surface area contributed by atoms with Gasteiger partial charge in [0.25, 0.3) is 5.91 Å². The van der Waals surface area contributed by atoms with E-state index in [4.69, 9.17) is 5.73 Å². The van der Waals surface area contributed by atoms with Gasteiger partial charge in [-0.3, -0.25) is 9.48 Å². The second kappa shape index (κ2) is 6.25. The van der Waals surface area contributed by atoms with Gasteiger partial charge in [0.15, 0.2) is 0 Å². The van der Waals surface area contributed by atoms with Crippen molar-refractivity contribution in [3.63, 3.8) is 0 Å². The second-order valence-electron chi connectivity index (χ2n) is 4.79. The number of hydrogen-bond donors (Lipinski definition) is 2. The lowest BCUT2D eigenvalue weighted by molar-refractivity contribution is 0.102. The van der Waals surface area contributed by atoms with Crippen LogP contribution in [0.2, 0.25) is 0 Å². The molecule has 108 valence electrons. The van der Waals surface area contributed by atoms with Gasteiger partial charge < -0.3 is 11.1 Å². The molecule has 2 aromatic rings. The Balaban J connectivity index is 2.20. The summed E-state index contributed by atoms with van der Waals surface area (Å²) >= 11 is 0. The van der Waals surface area contributed by atoms with Crippen molar-refractivity contribution in [1.29, 1.82) is 0 Å². The van der Waals surface area contributed by atoms with E-state index in [9.17, 15) is 4.79 Å². The number of anilines is 1. The summed E-state index contributed by atoms with van der Waals surface area (Å²) in [6.45, 7) is 4.10. The van der Waals surface area contributed by atoms with E-state index in [1.54, 1.807) is 16.9 Å². The molecule has 0 fully saturated rings. The number of nitrogens with one attached hydrogen (secondary N) is 1. The van der Waals surface area contributed by atoms with Crippen LogP contribution in [-0.2, 0) is 7.05 Å². The molecule has 1 amide bonds. The van der Waals surface area contributed by atoms with Gasteiger partial charge in [0.1, 0.15) is 0 Å². The summed E-state index contributed by atoms with van der Waals surface area (Å²) < 4.78 is 1.67. The Labute approximate surface area is 124 Å². The average molecular weight is 282 g/mol. The van der Waals surface area contributed by atoms with Crippen molar-refractivity contribution >= 4 is 11.6 Å². The summed E-state index contributed by atoms with van der Waals surface area (Å²) in [5.74, 6) is 5.63. The highest BCUT2D eigenvalue weighted by molar-refractivity contribution is 6.04. The van der Waals surface area contributed by atoms with Gasteiger partial charge in [-0.1, -0.05) is 11.8 Å². The van der Waals surface area contributed by atoms with E-state index in [-0.39, 0.29) is 5.91 Å². The minimum atomic E-state index is -0.160. The molecule has 0 spiro atoms. The van der Waals surface area contributed by atoms with Gasteiger partial charge in [0.2, 0.25) is 0 Å². The Morgan fingerprint density at radius 1 is 1.43 bits per heavy atom. The topological polar surface area (TPSA) is 72.9 Å². The zero-order chi connectivity index (χ0) is 15.4. The van der Waals surface area contributed by atoms with Crippen molar-refractivity contribution in [2.24, 2.45) is 12.8 Å². The molecule has 0 aliphatic rings. The van der Waals surface area contributed by atoms with Crippen LogP contribution in [0.5, 0.6) is 0 Å². The Bertz CT molecular complexity index is 734. The lowest BCUT2D eigenvalue weighted by Gasteiger charge is -2.06. The third kappa shape index (κ3) is 3.50. The first-order valence-corrected chi connectivity index (χ1v) is 6.62. The third-order valence-corrected chi connectivity index (χ3v) is 3.08. The number of aromatic nitrogens is 2. The van der Waals surface area contributed by atoms with E-state index in [0.29, 0.717) is 17.8 Å². The number of amides is 1. The Morgan fingerprint density at radius 2 is 2.19 bits per heavy atom. The van der Waals surface area contributed by atoms with Crippen LogP contribution in [0.15, 0.2) is 24.4 Å². The molecule has 5 heteroatoms. The van der Waals surface area contributed by atoms with Gasteiger partial charge in [-0.25, -0.2) is 0 Å². The number of nitrogens with two attached hydrogens (primary N) is 1. The number of carbonyl (C=O) groups is 1. The van der Waals surface area contributed by atoms with Crippen molar-refractivity contribution in [1.82, 2.24) is 9.78 Å². The third-order valence-electron chi connectivity index (χ3n) is 3.08. The zero-order valence-corrected chi connectivity index (χ0v) is 12.4. The van der Waals surface area contributed by atoms with Crippen LogP contribution < -0.4 is 11.1 Å². The van der Waals surface area contributed by atoms with Gasteiger partial charge in [-0.15, -0.1) is 0 Å². The summed E-state index contributed by atoms with van der Waals surface area (Å²) in [5, 5.41) is 7.05. The average Bonchev–Trinajstić information content (AvgIpc) is 2.75. The quantitative estimate of drug-likeness (QED) is 0.822. The van der Waals surface area contributed by atoms with Crippen LogP contribution in [0, 0.1) is 25.7 Å². The molecule has 0 unspecified atom stereocenters. The molecule has 0 aliphatic heterocycles. The molecule has 21 heavy (non-hydrogen) atoms. The first kappa shape index (κ1) is 14.8. The first-order chi connectivity index (χ1) is 10.0. The molecule has 2 rings (SSSR count). The maximum absolute atomic E-state index is 12.2. The smallest absolute Gasteiger partial charge is 0.255 e. The number of nitrogens with zero attached hydrogens (tertiary/aromatic N) is 2. The molecule has 0 aliphatic carbocycles. The molecule has 5 nitrogen and oxygen atoms in total. The summed E-state index contributed by atoms with van der Waals surface area (Å²) in [6, 6.07) is 5.42. The molecule has 0 radical (unpaired) electrons. The van der Waals surface area contributed by atoms with E-state index < -0.39 is 0 Å². The van der Waals surface area contributed by atoms with Crippen molar-refractivity contribution in [2.45, 2.75) is 13.8 Å². The molecule has 1 aromatic carbocycles. The predicted molar refractivity (Wildman–Crippen MR) is 83.0 cm³/mol. The second-order valence-corrected chi connectivity index (χ2v) is 4.79. The van der Waals surface area contributed by atoms with Gasteiger partial charge in [-0.2, -0.15) is 5.10 Å². The maximum atomic E-state index is 12.2. The molecule has 0 atom stereocenters. The van der Waals surface area contributed by atoms with E-state index in [2.05, 4.69) is 22.3 Å². The van der Waals surface area contributed by atoms with Crippen molar-refractivity contribution in [2.75, 3.05) is 11.9 Å². The van der Waals surface area contributed by atoms with Crippen molar-refractivity contribution in [3.05, 3.63) is 46.8 Å². The van der Waals surface area contributed by atoms with E-state index in [1.807, 2.05) is 33.0 Å². The number of benzene rings is 1. The highest BCUT2D eigenvalue weighted by Crippen LogP contribution is 2.15. The fourth-order valence-electron chi connectivity index (χ4n) is 2.01. The highest BCUT2D eigenvalue weighted by atomic mass is 16.1. The summed E-state index contributed by atoms with van der Waals surface area (Å²) in [4.78, 5) is 12.2. The fourth-order valence-corrected chi connectivity index (χ4v) is 2.01. The van der Waals surface area contributed by atoms with Crippen LogP contribution in [0.4, 0.5) is 5.69 Å². The largest absolute Gasteiger partial charge is 0.320 e. The van der Waals surface area contributed by atoms with Gasteiger partial charge in [-0.05, 0) is 37.6 Å². The number of hydrogen-bond acceptors (Lipinski definition) is 3. The summed E-state index contributed by atoms with van der Waals surface area (Å²) in [5.41, 5.74) is 9.29. The SMILES string of the molecule is Cc1cc(C(=O)Nc2cn(C)nc2C)ccc1C#CCN. The summed E-state index contributed by atoms with van der Waals surface area (Å²) in [6.07, 6.45) is 1.78. The van der Waals surface area contributed by atoms with Crippen LogP contribution in [-0.4, -0.2) is 22.2 Å². The monoisotopic (exact) mass is 282 g/mol. The van der Waals surface area contributed by atoms with Crippen LogP contribution in [0.3, 0.4) is 0 Å². The van der Waals surface area contributed by atoms with E-state index in [1.165, 1.54) is 0 Å². The highest BCUT2D eigenvalue weighted by Gasteiger charge is 2.10. The number of carbonyl (C=O) groups excluding carboxylic acids is 1. The number of rotatable bonds is 2. The van der Waals surface area contributed by atoms with Crippen LogP contribution in [0.1, 0.15) is 27.2 Å². The van der Waals surface area contributed by atoms with Crippen molar-refractivity contribution < 1.29 is 4.79 Å².